The molecule has 0 radical (unpaired) electrons. The predicted octanol–water partition coefficient (Wildman–Crippen LogP) is 12.7. The third-order valence-electron chi connectivity index (χ3n) is 16.2. The van der Waals surface area contributed by atoms with E-state index in [0.29, 0.717) is 17.5 Å². The van der Waals surface area contributed by atoms with Crippen LogP contribution in [0.25, 0.3) is 22.1 Å². The van der Waals surface area contributed by atoms with E-state index >= 15 is 0 Å². The number of amides is 2. The van der Waals surface area contributed by atoms with Gasteiger partial charge >= 0.3 is 5.97 Å². The number of hydrogen-bond donors (Lipinski definition) is 7. The zero-order chi connectivity index (χ0) is 56.1. The van der Waals surface area contributed by atoms with E-state index in [1.165, 1.54) is 80.5 Å². The molecule has 2 aromatic heterocycles. The van der Waals surface area contributed by atoms with Crippen molar-refractivity contribution in [1.29, 1.82) is 0 Å². The molecule has 79 heavy (non-hydrogen) atoms. The highest BCUT2D eigenvalue weighted by atomic mass is 16.4. The fourth-order valence-corrected chi connectivity index (χ4v) is 11.6. The number of fused-ring (bicyclic) bond motifs is 2. The average Bonchev–Trinajstić information content (AvgIpc) is 4.52. The normalized spacial score (nSPS) is 17.2. The van der Waals surface area contributed by atoms with Crippen LogP contribution in [0.4, 0.5) is 34.1 Å². The number of aliphatic carboxylic acids is 1. The molecule has 15 nitrogen and oxygen atoms in total. The lowest BCUT2D eigenvalue weighted by atomic mass is 10.1. The van der Waals surface area contributed by atoms with Crippen molar-refractivity contribution in [2.24, 2.45) is 31.8 Å². The highest BCUT2D eigenvalue weighted by Gasteiger charge is 2.28. The molecular formula is C64H87N11O4. The van der Waals surface area contributed by atoms with Gasteiger partial charge in [0.25, 0.3) is 0 Å². The van der Waals surface area contributed by atoms with Gasteiger partial charge in [0.15, 0.2) is 0 Å². The smallest absolute Gasteiger partial charge is 0.306 e. The van der Waals surface area contributed by atoms with E-state index < -0.39 is 5.97 Å². The molecule has 0 bridgehead atoms. The summed E-state index contributed by atoms with van der Waals surface area (Å²) < 4.78 is 4.50. The average molecular weight is 1070 g/mol. The number of nitrogens with zero attached hydrogens (tertiary/aromatic N) is 5. The van der Waals surface area contributed by atoms with Crippen LogP contribution >= 0.6 is 0 Å². The van der Waals surface area contributed by atoms with Crippen molar-refractivity contribution >= 4 is 74.0 Å². The molecule has 1 saturated heterocycles. The molecule has 422 valence electrons. The summed E-state index contributed by atoms with van der Waals surface area (Å²) in [6.45, 7) is 2.19. The van der Waals surface area contributed by atoms with Crippen LogP contribution in [0.1, 0.15) is 133 Å². The van der Waals surface area contributed by atoms with Crippen molar-refractivity contribution in [3.63, 3.8) is 0 Å². The zero-order valence-electron chi connectivity index (χ0n) is 47.4. The van der Waals surface area contributed by atoms with Crippen molar-refractivity contribution < 1.29 is 19.5 Å². The van der Waals surface area contributed by atoms with E-state index in [9.17, 15) is 14.4 Å². The molecule has 4 aliphatic carbocycles. The van der Waals surface area contributed by atoms with Gasteiger partial charge < -0.3 is 51.9 Å². The second-order valence-electron chi connectivity index (χ2n) is 21.6. The molecule has 7 aromatic rings. The lowest BCUT2D eigenvalue weighted by Crippen LogP contribution is -2.32. The quantitative estimate of drug-likeness (QED) is 0.0676. The lowest BCUT2D eigenvalue weighted by Gasteiger charge is -2.22. The van der Waals surface area contributed by atoms with Crippen LogP contribution in [0.15, 0.2) is 121 Å². The molecule has 12 rings (SSSR count). The number of nitrogens with two attached hydrogens (primary N) is 2. The van der Waals surface area contributed by atoms with Crippen molar-refractivity contribution in [2.75, 3.05) is 66.6 Å². The van der Waals surface area contributed by atoms with Crippen LogP contribution in [-0.4, -0.2) is 76.2 Å². The number of carbonyl (C=O) groups is 3. The topological polar surface area (TPSA) is 210 Å². The maximum atomic E-state index is 12.2. The van der Waals surface area contributed by atoms with Gasteiger partial charge in [0.1, 0.15) is 11.6 Å². The van der Waals surface area contributed by atoms with Crippen LogP contribution in [0.2, 0.25) is 0 Å². The Bertz CT molecular complexity index is 2920. The number of carbonyl (C=O) groups excluding carboxylic acids is 2. The molecule has 1 atom stereocenters. The number of carboxylic acids is 1. The molecule has 9 N–H and O–H groups in total. The summed E-state index contributed by atoms with van der Waals surface area (Å²) in [5.74, 6) is 3.95. The predicted molar refractivity (Wildman–Crippen MR) is 326 cm³/mol. The van der Waals surface area contributed by atoms with Crippen molar-refractivity contribution in [3.8, 4) is 0 Å². The summed E-state index contributed by atoms with van der Waals surface area (Å²) in [5, 5.41) is 20.9. The number of aromatic nitrogens is 4. The first-order chi connectivity index (χ1) is 38.4. The number of rotatable bonds is 9. The maximum Gasteiger partial charge on any atom is 0.306 e. The van der Waals surface area contributed by atoms with Crippen LogP contribution in [0.3, 0.4) is 0 Å². The van der Waals surface area contributed by atoms with Gasteiger partial charge in [-0.05, 0) is 125 Å². The Morgan fingerprint density at radius 3 is 1.46 bits per heavy atom. The van der Waals surface area contributed by atoms with Gasteiger partial charge in [-0.3, -0.25) is 14.4 Å². The maximum absolute atomic E-state index is 12.2. The Balaban J connectivity index is 0.000000139. The van der Waals surface area contributed by atoms with Crippen molar-refractivity contribution in [1.82, 2.24) is 24.4 Å². The summed E-state index contributed by atoms with van der Waals surface area (Å²) in [7, 11) is 9.78. The molecule has 2 amide bonds. The second-order valence-corrected chi connectivity index (χ2v) is 21.6. The summed E-state index contributed by atoms with van der Waals surface area (Å²) in [6.07, 6.45) is 19.4. The van der Waals surface area contributed by atoms with Gasteiger partial charge in [-0.25, -0.2) is 9.97 Å². The molecule has 3 heterocycles. The number of nitrogens with one attached hydrogen (secondary N) is 4. The second kappa shape index (κ2) is 30.1. The van der Waals surface area contributed by atoms with Crippen LogP contribution in [0, 0.1) is 17.8 Å². The molecular weight excluding hydrogens is 987 g/mol. The minimum atomic E-state index is -0.609. The molecule has 0 spiro atoms. The number of anilines is 6. The van der Waals surface area contributed by atoms with Crippen molar-refractivity contribution in [2.45, 2.75) is 121 Å². The van der Waals surface area contributed by atoms with E-state index in [4.69, 9.17) is 26.5 Å². The van der Waals surface area contributed by atoms with E-state index in [2.05, 4.69) is 87.0 Å². The number of aryl methyl sites for hydroxylation is 2. The summed E-state index contributed by atoms with van der Waals surface area (Å²) >= 11 is 0. The van der Waals surface area contributed by atoms with Crippen LogP contribution < -0.4 is 37.6 Å². The van der Waals surface area contributed by atoms with Crippen LogP contribution in [0.5, 0.6) is 0 Å². The molecule has 4 saturated carbocycles. The first kappa shape index (κ1) is 59.3. The monoisotopic (exact) mass is 1070 g/mol. The van der Waals surface area contributed by atoms with Gasteiger partial charge in [0, 0.05) is 65.5 Å². The van der Waals surface area contributed by atoms with E-state index in [0.717, 1.165) is 104 Å². The van der Waals surface area contributed by atoms with Crippen LogP contribution in [-0.2, 0) is 28.5 Å². The molecule has 15 heteroatoms. The third kappa shape index (κ3) is 16.3. The molecule has 1 unspecified atom stereocenters. The molecule has 5 fully saturated rings. The number of para-hydroxylation sites is 10. The van der Waals surface area contributed by atoms with E-state index in [-0.39, 0.29) is 29.6 Å². The Kier molecular flexibility index (Phi) is 22.6. The largest absolute Gasteiger partial charge is 0.481 e. The third-order valence-corrected chi connectivity index (χ3v) is 16.2. The Labute approximate surface area is 468 Å². The Morgan fingerprint density at radius 2 is 0.987 bits per heavy atom. The highest BCUT2D eigenvalue weighted by Crippen LogP contribution is 2.35. The first-order valence-corrected chi connectivity index (χ1v) is 28.9. The molecule has 1 aliphatic heterocycles. The summed E-state index contributed by atoms with van der Waals surface area (Å²) in [4.78, 5) is 45.5. The Morgan fingerprint density at radius 1 is 0.544 bits per heavy atom. The van der Waals surface area contributed by atoms with E-state index in [1.54, 1.807) is 4.90 Å². The zero-order valence-corrected chi connectivity index (χ0v) is 47.4. The first-order valence-electron chi connectivity index (χ1n) is 28.9. The SMILES string of the molecule is CN(C(=O)C1CCCC1)c1ccccc1N.CNc1ccccc1N.CNc1ccccc1NC(=O)C1CCCC1.Cn1c(C2CCCC2)nc2ccccc21.Cn1c(C2CCNC2)nc2ccccc21.O=C(O)C1CCCC1. The lowest BCUT2D eigenvalue weighted by molar-refractivity contribution is -0.141. The number of benzene rings is 5. The number of nitrogen functional groups attached to an aromatic ring is 2. The molecule has 5 aromatic carbocycles. The molecule has 5 aliphatic rings. The number of hydrogen-bond acceptors (Lipinski definition) is 10. The minimum absolute atomic E-state index is 0.0185. The van der Waals surface area contributed by atoms with Gasteiger partial charge in [0.2, 0.25) is 11.8 Å². The van der Waals surface area contributed by atoms with Gasteiger partial charge in [-0.15, -0.1) is 0 Å². The number of imidazole rings is 2. The van der Waals surface area contributed by atoms with Gasteiger partial charge in [0.05, 0.1) is 62.1 Å². The van der Waals surface area contributed by atoms with Gasteiger partial charge in [-0.1, -0.05) is 112 Å². The summed E-state index contributed by atoms with van der Waals surface area (Å²) in [6, 6.07) is 39.7. The van der Waals surface area contributed by atoms with E-state index in [1.807, 2.05) is 100 Å². The Hall–Kier alpha value is -7.39. The van der Waals surface area contributed by atoms with Gasteiger partial charge in [-0.2, -0.15) is 0 Å². The fraction of sp³-hybridized carbons (Fsp3) is 0.453. The summed E-state index contributed by atoms with van der Waals surface area (Å²) in [5.41, 5.74) is 21.3. The minimum Gasteiger partial charge on any atom is -0.481 e. The number of carboxylic acid groups (broad SMARTS) is 1. The van der Waals surface area contributed by atoms with Crippen molar-refractivity contribution in [3.05, 3.63) is 133 Å². The fourth-order valence-electron chi connectivity index (χ4n) is 11.6. The standard InChI is InChI=1S/2C13H18N2O.C13H16N2.C12H15N3.C7H10N2.C6H10O2/c1-15(12-9-5-4-8-11(12)14)13(16)10-6-2-3-7-10;1-14-11-8-4-5-9-12(11)15-13(16)10-6-2-3-7-10;1-15-12-9-5-4-8-11(12)14-13(15)10-6-2-3-7-10;1-15-11-5-3-2-4-10(11)14-12(15)9-6-7-13-8-9;1-9-7-5-3-2-4-6(7)8;7-6(8)5-3-1-2-4-5/h4-5,8-10H,2-3,6-7,14H2,1H3;4-5,8-10,14H,2-3,6-7H2,1H3,(H,15,16);4-5,8-10H,2-3,6-7H2,1H3;2-5,9,13H,6-8H2,1H3;2-5,9H,8H2,1H3;5H,1-4H2,(H,7,8). The highest BCUT2D eigenvalue weighted by molar-refractivity contribution is 5.97.